The van der Waals surface area contributed by atoms with Crippen molar-refractivity contribution in [2.75, 3.05) is 4.90 Å². The van der Waals surface area contributed by atoms with E-state index in [0.29, 0.717) is 5.56 Å². The second-order valence-corrected chi connectivity index (χ2v) is 5.92. The molecule has 130 valence electrons. The third kappa shape index (κ3) is 3.05. The Morgan fingerprint density at radius 2 is 1.76 bits per heavy atom. The van der Waals surface area contributed by atoms with Gasteiger partial charge in [0.05, 0.1) is 22.2 Å². The van der Waals surface area contributed by atoms with Crippen molar-refractivity contribution in [2.45, 2.75) is 17.6 Å². The molecule has 5 nitrogen and oxygen atoms in total. The maximum absolute atomic E-state index is 12.7. The van der Waals surface area contributed by atoms with Crippen LogP contribution in [0.15, 0.2) is 48.5 Å². The first-order valence-corrected chi connectivity index (χ1v) is 7.52. The number of carbonyl (C=O) groups excluding carboxylic acids is 1. The third-order valence-electron chi connectivity index (χ3n) is 3.93. The normalized spacial score (nSPS) is 20.3. The molecule has 25 heavy (non-hydrogen) atoms. The van der Waals surface area contributed by atoms with Crippen molar-refractivity contribution in [2.24, 2.45) is 0 Å². The van der Waals surface area contributed by atoms with Gasteiger partial charge in [-0.15, -0.1) is 11.6 Å². The first-order chi connectivity index (χ1) is 11.7. The number of nitro benzene ring substituents is 1. The first kappa shape index (κ1) is 17.2. The molecule has 0 radical (unpaired) electrons. The number of nitrogens with zero attached hydrogens (tertiary/aromatic N) is 2. The topological polar surface area (TPSA) is 63.5 Å². The summed E-state index contributed by atoms with van der Waals surface area (Å²) in [5.74, 6) is -0.466. The quantitative estimate of drug-likeness (QED) is 0.350. The van der Waals surface area contributed by atoms with E-state index < -0.39 is 34.0 Å². The number of rotatable bonds is 3. The van der Waals surface area contributed by atoms with Gasteiger partial charge in [0.25, 0.3) is 5.69 Å². The molecule has 1 fully saturated rings. The molecule has 0 saturated carbocycles. The average molecular weight is 371 g/mol. The van der Waals surface area contributed by atoms with Gasteiger partial charge in [-0.3, -0.25) is 14.9 Å². The highest BCUT2D eigenvalue weighted by Gasteiger charge is 2.48. The van der Waals surface area contributed by atoms with Crippen LogP contribution in [0.25, 0.3) is 0 Å². The maximum Gasteiger partial charge on any atom is 0.416 e. The van der Waals surface area contributed by atoms with Crippen molar-refractivity contribution >= 4 is 28.9 Å². The SMILES string of the molecule is O=C1[C@H](Cl)[C@@H](c2ccc(C(F)(F)F)cc2)N1c1cccc([N+](=O)[O-])c1. The van der Waals surface area contributed by atoms with Crippen molar-refractivity contribution in [1.29, 1.82) is 0 Å². The molecule has 3 rings (SSSR count). The number of hydrogen-bond acceptors (Lipinski definition) is 3. The molecule has 2 aromatic carbocycles. The minimum absolute atomic E-state index is 0.200. The van der Waals surface area contributed by atoms with Crippen LogP contribution >= 0.6 is 11.6 Å². The number of hydrogen-bond donors (Lipinski definition) is 0. The number of carbonyl (C=O) groups is 1. The first-order valence-electron chi connectivity index (χ1n) is 7.09. The van der Waals surface area contributed by atoms with Gasteiger partial charge in [0.15, 0.2) is 0 Å². The predicted molar refractivity (Wildman–Crippen MR) is 84.4 cm³/mol. The summed E-state index contributed by atoms with van der Waals surface area (Å²) in [5.41, 5.74) is -0.329. The van der Waals surface area contributed by atoms with E-state index in [1.54, 1.807) is 0 Å². The molecule has 1 aliphatic heterocycles. The highest BCUT2D eigenvalue weighted by Crippen LogP contribution is 2.43. The Bertz CT molecular complexity index is 839. The largest absolute Gasteiger partial charge is 0.416 e. The molecule has 1 saturated heterocycles. The lowest BCUT2D eigenvalue weighted by Gasteiger charge is -2.44. The number of non-ortho nitro benzene ring substituents is 1. The van der Waals surface area contributed by atoms with Gasteiger partial charge in [-0.1, -0.05) is 18.2 Å². The number of benzene rings is 2. The molecule has 0 aliphatic carbocycles. The van der Waals surface area contributed by atoms with Crippen molar-refractivity contribution in [3.63, 3.8) is 0 Å². The van der Waals surface area contributed by atoms with Crippen LogP contribution < -0.4 is 4.90 Å². The summed E-state index contributed by atoms with van der Waals surface area (Å²) >= 11 is 6.03. The number of anilines is 1. The Morgan fingerprint density at radius 3 is 2.32 bits per heavy atom. The van der Waals surface area contributed by atoms with Gasteiger partial charge in [0.2, 0.25) is 5.91 Å². The van der Waals surface area contributed by atoms with Crippen LogP contribution in [0.1, 0.15) is 17.2 Å². The molecule has 0 N–H and O–H groups in total. The van der Waals surface area contributed by atoms with Crippen molar-refractivity contribution in [3.8, 4) is 0 Å². The van der Waals surface area contributed by atoms with Gasteiger partial charge in [0.1, 0.15) is 5.38 Å². The van der Waals surface area contributed by atoms with Gasteiger partial charge in [-0.25, -0.2) is 0 Å². The number of amides is 1. The molecular formula is C16H10ClF3N2O3. The monoisotopic (exact) mass is 370 g/mol. The standard InChI is InChI=1S/C16H10ClF3N2O3/c17-13-14(9-4-6-10(7-5-9)16(18,19)20)21(15(13)23)11-2-1-3-12(8-11)22(24)25/h1-8,13-14H/t13-,14-/m1/s1. The zero-order chi connectivity index (χ0) is 18.4. The van der Waals surface area contributed by atoms with Crippen LogP contribution in [0, 0.1) is 10.1 Å². The van der Waals surface area contributed by atoms with E-state index in [-0.39, 0.29) is 11.4 Å². The van der Waals surface area contributed by atoms with Gasteiger partial charge >= 0.3 is 6.18 Å². The van der Waals surface area contributed by atoms with Crippen LogP contribution in [-0.2, 0) is 11.0 Å². The molecule has 2 aromatic rings. The Kier molecular flexibility index (Phi) is 4.16. The Morgan fingerprint density at radius 1 is 1.12 bits per heavy atom. The predicted octanol–water partition coefficient (Wildman–Crippen LogP) is 4.31. The number of halogens is 4. The fraction of sp³-hybridized carbons (Fsp3) is 0.188. The number of alkyl halides is 4. The van der Waals surface area contributed by atoms with Crippen molar-refractivity contribution in [1.82, 2.24) is 0 Å². The van der Waals surface area contributed by atoms with Crippen LogP contribution in [0.5, 0.6) is 0 Å². The Hall–Kier alpha value is -2.61. The lowest BCUT2D eigenvalue weighted by Crippen LogP contribution is -2.56. The van der Waals surface area contributed by atoms with E-state index in [1.807, 2.05) is 0 Å². The summed E-state index contributed by atoms with van der Waals surface area (Å²) < 4.78 is 38.0. The molecule has 1 heterocycles. The lowest BCUT2D eigenvalue weighted by atomic mass is 9.91. The molecule has 0 unspecified atom stereocenters. The number of β-lactam (4-membered cyclic amide) rings is 1. The van der Waals surface area contributed by atoms with Crippen LogP contribution in [-0.4, -0.2) is 16.2 Å². The third-order valence-corrected chi connectivity index (χ3v) is 4.35. The summed E-state index contributed by atoms with van der Waals surface area (Å²) in [7, 11) is 0. The average Bonchev–Trinajstić information content (AvgIpc) is 2.58. The van der Waals surface area contributed by atoms with Gasteiger partial charge in [-0.05, 0) is 23.8 Å². The van der Waals surface area contributed by atoms with Crippen LogP contribution in [0.4, 0.5) is 24.5 Å². The van der Waals surface area contributed by atoms with Gasteiger partial charge < -0.3 is 4.90 Å². The number of nitro groups is 1. The molecule has 0 spiro atoms. The molecule has 1 aliphatic rings. The van der Waals surface area contributed by atoms with Crippen molar-refractivity contribution < 1.29 is 22.9 Å². The molecule has 0 aromatic heterocycles. The van der Waals surface area contributed by atoms with Crippen LogP contribution in [0.3, 0.4) is 0 Å². The molecule has 2 atom stereocenters. The van der Waals surface area contributed by atoms with Gasteiger partial charge in [-0.2, -0.15) is 13.2 Å². The summed E-state index contributed by atoms with van der Waals surface area (Å²) in [6.07, 6.45) is -4.46. The Labute approximate surface area is 144 Å². The van der Waals surface area contributed by atoms with E-state index in [1.165, 1.54) is 41.3 Å². The van der Waals surface area contributed by atoms with E-state index in [2.05, 4.69) is 0 Å². The minimum Gasteiger partial charge on any atom is -0.301 e. The minimum atomic E-state index is -4.46. The summed E-state index contributed by atoms with van der Waals surface area (Å²) in [4.78, 5) is 23.6. The second kappa shape index (κ2) is 6.03. The molecule has 1 amide bonds. The molecular weight excluding hydrogens is 361 g/mol. The fourth-order valence-electron chi connectivity index (χ4n) is 2.69. The second-order valence-electron chi connectivity index (χ2n) is 5.45. The molecule has 0 bridgehead atoms. The van der Waals surface area contributed by atoms with Crippen LogP contribution in [0.2, 0.25) is 0 Å². The van der Waals surface area contributed by atoms with E-state index in [9.17, 15) is 28.1 Å². The summed E-state index contributed by atoms with van der Waals surface area (Å²) in [6, 6.07) is 9.05. The van der Waals surface area contributed by atoms with E-state index in [4.69, 9.17) is 11.6 Å². The smallest absolute Gasteiger partial charge is 0.301 e. The molecule has 9 heteroatoms. The lowest BCUT2D eigenvalue weighted by molar-refractivity contribution is -0.384. The van der Waals surface area contributed by atoms with E-state index in [0.717, 1.165) is 12.1 Å². The highest BCUT2D eigenvalue weighted by atomic mass is 35.5. The summed E-state index contributed by atoms with van der Waals surface area (Å²) in [5, 5.41) is 9.93. The van der Waals surface area contributed by atoms with E-state index >= 15 is 0 Å². The van der Waals surface area contributed by atoms with Crippen molar-refractivity contribution in [3.05, 3.63) is 69.8 Å². The highest BCUT2D eigenvalue weighted by molar-refractivity contribution is 6.37. The zero-order valence-electron chi connectivity index (χ0n) is 12.4. The zero-order valence-corrected chi connectivity index (χ0v) is 13.2. The fourth-order valence-corrected chi connectivity index (χ4v) is 3.05. The van der Waals surface area contributed by atoms with Gasteiger partial charge in [0, 0.05) is 12.1 Å². The Balaban J connectivity index is 1.94. The maximum atomic E-state index is 12.7. The summed E-state index contributed by atoms with van der Waals surface area (Å²) in [6.45, 7) is 0.